The summed E-state index contributed by atoms with van der Waals surface area (Å²) >= 11 is 0. The highest BCUT2D eigenvalue weighted by molar-refractivity contribution is 5.51. The quantitative estimate of drug-likeness (QED) is 0.387. The van der Waals surface area contributed by atoms with Crippen molar-refractivity contribution in [2.75, 3.05) is 5.32 Å². The summed E-state index contributed by atoms with van der Waals surface area (Å²) in [5.74, 6) is 0.0282. The first kappa shape index (κ1) is 20.2. The fourth-order valence-electron chi connectivity index (χ4n) is 2.60. The van der Waals surface area contributed by atoms with Gasteiger partial charge in [-0.25, -0.2) is 0 Å². The van der Waals surface area contributed by atoms with Crippen molar-refractivity contribution in [3.63, 3.8) is 0 Å². The Hall–Kier alpha value is -3.55. The van der Waals surface area contributed by atoms with E-state index in [1.54, 1.807) is 24.3 Å². The van der Waals surface area contributed by atoms with Crippen LogP contribution in [0.5, 0.6) is 11.5 Å². The molecular weight excluding hydrogens is 385 g/mol. The van der Waals surface area contributed by atoms with Gasteiger partial charge < -0.3 is 10.1 Å². The summed E-state index contributed by atoms with van der Waals surface area (Å²) in [6.07, 6.45) is -4.67. The summed E-state index contributed by atoms with van der Waals surface area (Å²) in [5, 5.41) is 14.4. The molecule has 0 aliphatic heterocycles. The molecule has 0 amide bonds. The van der Waals surface area contributed by atoms with Crippen LogP contribution in [0.25, 0.3) is 0 Å². The number of nitrogens with zero attached hydrogens (tertiary/aromatic N) is 1. The Balaban J connectivity index is 1.70. The van der Waals surface area contributed by atoms with Crippen molar-refractivity contribution in [1.82, 2.24) is 0 Å². The number of hydrogen-bond acceptors (Lipinski definition) is 4. The molecule has 0 aromatic heterocycles. The Bertz CT molecular complexity index is 1000. The van der Waals surface area contributed by atoms with Gasteiger partial charge in [0.05, 0.1) is 10.5 Å². The molecule has 0 saturated heterocycles. The van der Waals surface area contributed by atoms with E-state index in [0.29, 0.717) is 12.6 Å². The number of nitrogens with one attached hydrogen (secondary N) is 1. The number of nitro groups is 1. The molecule has 0 bridgehead atoms. The third-order valence-electron chi connectivity index (χ3n) is 4.18. The van der Waals surface area contributed by atoms with E-state index >= 15 is 0 Å². The minimum absolute atomic E-state index is 0.256. The van der Waals surface area contributed by atoms with E-state index in [4.69, 9.17) is 4.74 Å². The van der Waals surface area contributed by atoms with Crippen LogP contribution in [-0.2, 0) is 12.7 Å². The predicted molar refractivity (Wildman–Crippen MR) is 103 cm³/mol. The lowest BCUT2D eigenvalue weighted by molar-refractivity contribution is -0.385. The molecule has 0 heterocycles. The van der Waals surface area contributed by atoms with Gasteiger partial charge in [0.15, 0.2) is 0 Å². The van der Waals surface area contributed by atoms with E-state index < -0.39 is 22.4 Å². The molecule has 5 nitrogen and oxygen atoms in total. The number of anilines is 1. The molecule has 0 unspecified atom stereocenters. The molecule has 0 fully saturated rings. The first-order chi connectivity index (χ1) is 13.7. The monoisotopic (exact) mass is 402 g/mol. The average molecular weight is 402 g/mol. The molecule has 8 heteroatoms. The maximum absolute atomic E-state index is 12.8. The Morgan fingerprint density at radius 2 is 1.66 bits per heavy atom. The second kappa shape index (κ2) is 8.22. The van der Waals surface area contributed by atoms with E-state index in [0.717, 1.165) is 28.9 Å². The maximum Gasteiger partial charge on any atom is 0.416 e. The van der Waals surface area contributed by atoms with Gasteiger partial charge in [0, 0.05) is 18.3 Å². The highest BCUT2D eigenvalue weighted by atomic mass is 19.4. The van der Waals surface area contributed by atoms with Crippen LogP contribution in [0.15, 0.2) is 66.7 Å². The minimum Gasteiger partial charge on any atom is -0.450 e. The van der Waals surface area contributed by atoms with Crippen molar-refractivity contribution >= 4 is 11.4 Å². The van der Waals surface area contributed by atoms with Crippen LogP contribution in [-0.4, -0.2) is 4.92 Å². The summed E-state index contributed by atoms with van der Waals surface area (Å²) in [5.41, 5.74) is 1.23. The third-order valence-corrected chi connectivity index (χ3v) is 4.18. The second-order valence-corrected chi connectivity index (χ2v) is 6.40. The van der Waals surface area contributed by atoms with Crippen molar-refractivity contribution in [2.24, 2.45) is 0 Å². The van der Waals surface area contributed by atoms with Gasteiger partial charge in [0.2, 0.25) is 5.75 Å². The molecule has 3 aromatic rings. The van der Waals surface area contributed by atoms with Crippen LogP contribution in [0.4, 0.5) is 24.5 Å². The first-order valence-corrected chi connectivity index (χ1v) is 8.65. The molecule has 0 spiro atoms. The lowest BCUT2D eigenvalue weighted by atomic mass is 10.1. The Morgan fingerprint density at radius 1 is 1.00 bits per heavy atom. The van der Waals surface area contributed by atoms with E-state index in [9.17, 15) is 23.3 Å². The number of nitro benzene ring substituents is 1. The molecular formula is C21H17F3N2O3. The minimum atomic E-state index is -4.67. The zero-order chi connectivity index (χ0) is 21.0. The number of rotatable bonds is 6. The highest BCUT2D eigenvalue weighted by Gasteiger charge is 2.33. The number of ether oxygens (including phenoxy) is 1. The Labute approximate surface area is 164 Å². The van der Waals surface area contributed by atoms with Crippen LogP contribution >= 0.6 is 0 Å². The summed E-state index contributed by atoms with van der Waals surface area (Å²) in [6.45, 7) is 2.56. The number of hydrogen-bond donors (Lipinski definition) is 1. The summed E-state index contributed by atoms with van der Waals surface area (Å²) < 4.78 is 43.8. The Morgan fingerprint density at radius 3 is 2.24 bits per heavy atom. The average Bonchev–Trinajstić information content (AvgIpc) is 2.68. The third kappa shape index (κ3) is 5.25. The summed E-state index contributed by atoms with van der Waals surface area (Å²) in [4.78, 5) is 10.2. The van der Waals surface area contributed by atoms with Crippen LogP contribution in [0.1, 0.15) is 16.7 Å². The molecule has 0 aliphatic rings. The normalized spacial score (nSPS) is 11.2. The SMILES string of the molecule is Cc1ccc(NCc2ccc(Oc3ccc(C(F)(F)F)cc3[N+](=O)[O-])cc2)cc1. The fraction of sp³-hybridized carbons (Fsp3) is 0.143. The second-order valence-electron chi connectivity index (χ2n) is 6.40. The lowest BCUT2D eigenvalue weighted by Gasteiger charge is -2.11. The molecule has 3 aromatic carbocycles. The van der Waals surface area contributed by atoms with Gasteiger partial charge in [-0.1, -0.05) is 29.8 Å². The van der Waals surface area contributed by atoms with E-state index in [2.05, 4.69) is 5.32 Å². The van der Waals surface area contributed by atoms with Gasteiger partial charge in [-0.05, 0) is 48.9 Å². The lowest BCUT2D eigenvalue weighted by Crippen LogP contribution is -2.06. The predicted octanol–water partition coefficient (Wildman–Crippen LogP) is 6.33. The van der Waals surface area contributed by atoms with Crippen LogP contribution in [0.2, 0.25) is 0 Å². The smallest absolute Gasteiger partial charge is 0.416 e. The molecule has 0 radical (unpaired) electrons. The topological polar surface area (TPSA) is 64.4 Å². The van der Waals surface area contributed by atoms with Crippen LogP contribution in [0.3, 0.4) is 0 Å². The fourth-order valence-corrected chi connectivity index (χ4v) is 2.60. The molecule has 29 heavy (non-hydrogen) atoms. The van der Waals surface area contributed by atoms with Gasteiger partial charge in [0.1, 0.15) is 5.75 Å². The van der Waals surface area contributed by atoms with Crippen molar-refractivity contribution in [1.29, 1.82) is 0 Å². The zero-order valence-electron chi connectivity index (χ0n) is 15.4. The maximum atomic E-state index is 12.8. The highest BCUT2D eigenvalue weighted by Crippen LogP contribution is 2.37. The van der Waals surface area contributed by atoms with E-state index in [1.807, 2.05) is 31.2 Å². The largest absolute Gasteiger partial charge is 0.450 e. The van der Waals surface area contributed by atoms with Crippen molar-refractivity contribution in [3.05, 3.63) is 93.5 Å². The number of aryl methyl sites for hydroxylation is 1. The number of halogens is 3. The van der Waals surface area contributed by atoms with Crippen molar-refractivity contribution < 1.29 is 22.8 Å². The van der Waals surface area contributed by atoms with E-state index in [-0.39, 0.29) is 11.5 Å². The van der Waals surface area contributed by atoms with Crippen molar-refractivity contribution in [3.8, 4) is 11.5 Å². The van der Waals surface area contributed by atoms with Gasteiger partial charge in [0.25, 0.3) is 0 Å². The molecule has 0 atom stereocenters. The van der Waals surface area contributed by atoms with Gasteiger partial charge >= 0.3 is 11.9 Å². The number of benzene rings is 3. The summed E-state index contributed by atoms with van der Waals surface area (Å²) in [6, 6.07) is 16.9. The molecule has 150 valence electrons. The van der Waals surface area contributed by atoms with E-state index in [1.165, 1.54) is 0 Å². The first-order valence-electron chi connectivity index (χ1n) is 8.65. The molecule has 3 rings (SSSR count). The standard InChI is InChI=1S/C21H17F3N2O3/c1-14-2-7-17(8-3-14)25-13-15-4-9-18(10-5-15)29-20-11-6-16(21(22,23)24)12-19(20)26(27)28/h2-12,25H,13H2,1H3. The van der Waals surface area contributed by atoms with Gasteiger partial charge in [-0.3, -0.25) is 10.1 Å². The molecule has 1 N–H and O–H groups in total. The van der Waals surface area contributed by atoms with Crippen LogP contribution < -0.4 is 10.1 Å². The van der Waals surface area contributed by atoms with Crippen LogP contribution in [0, 0.1) is 17.0 Å². The number of alkyl halides is 3. The zero-order valence-corrected chi connectivity index (χ0v) is 15.4. The molecule has 0 aliphatic carbocycles. The molecule has 0 saturated carbocycles. The van der Waals surface area contributed by atoms with Gasteiger partial charge in [-0.2, -0.15) is 13.2 Å². The van der Waals surface area contributed by atoms with Gasteiger partial charge in [-0.15, -0.1) is 0 Å². The Kier molecular flexibility index (Phi) is 5.72. The van der Waals surface area contributed by atoms with Crippen molar-refractivity contribution in [2.45, 2.75) is 19.6 Å². The summed E-state index contributed by atoms with van der Waals surface area (Å²) in [7, 11) is 0.